The van der Waals surface area contributed by atoms with E-state index in [2.05, 4.69) is 42.4 Å². The fourth-order valence-electron chi connectivity index (χ4n) is 5.49. The number of aryl methyl sites for hydroxylation is 2. The minimum absolute atomic E-state index is 0.102. The number of carboxylic acid groups (broad SMARTS) is 1. The third-order valence-corrected chi connectivity index (χ3v) is 7.67. The van der Waals surface area contributed by atoms with Crippen molar-refractivity contribution in [3.05, 3.63) is 41.9 Å². The van der Waals surface area contributed by atoms with Crippen LogP contribution in [-0.2, 0) is 23.7 Å². The van der Waals surface area contributed by atoms with E-state index in [-0.39, 0.29) is 22.5 Å². The molecule has 3 aliphatic rings. The zero-order valence-corrected chi connectivity index (χ0v) is 22.1. The summed E-state index contributed by atoms with van der Waals surface area (Å²) in [6, 6.07) is 7.26. The lowest BCUT2D eigenvalue weighted by Crippen LogP contribution is -2.31. The molecule has 2 fully saturated rings. The molecule has 3 N–H and O–H groups in total. The van der Waals surface area contributed by atoms with Crippen molar-refractivity contribution in [1.82, 2.24) is 29.3 Å². The first-order valence-electron chi connectivity index (χ1n) is 13.3. The number of fused-ring (bicyclic) bond motifs is 3. The van der Waals surface area contributed by atoms with Gasteiger partial charge in [0.1, 0.15) is 28.7 Å². The lowest BCUT2D eigenvalue weighted by molar-refractivity contribution is 0.198. The van der Waals surface area contributed by atoms with Gasteiger partial charge in [-0.1, -0.05) is 6.42 Å². The van der Waals surface area contributed by atoms with Crippen LogP contribution in [0.3, 0.4) is 0 Å². The zero-order chi connectivity index (χ0) is 27.7. The van der Waals surface area contributed by atoms with Gasteiger partial charge in [-0.3, -0.25) is 10.00 Å². The summed E-state index contributed by atoms with van der Waals surface area (Å²) in [6.07, 6.45) is 9.00. The number of imidazole rings is 1. The molecule has 206 valence electrons. The molecule has 4 aromatic rings. The van der Waals surface area contributed by atoms with E-state index < -0.39 is 6.09 Å². The number of nitrogens with zero attached hydrogens (tertiary/aromatic N) is 7. The van der Waals surface area contributed by atoms with Gasteiger partial charge in [0.05, 0.1) is 6.20 Å². The molecule has 6 heterocycles. The molecular weight excluding hydrogens is 514 g/mol. The first kappa shape index (κ1) is 25.6. The van der Waals surface area contributed by atoms with Crippen molar-refractivity contribution in [3.63, 3.8) is 0 Å². The molecule has 1 saturated carbocycles. The summed E-state index contributed by atoms with van der Waals surface area (Å²) in [6.45, 7) is 2.93. The Balaban J connectivity index is 0.000000523. The van der Waals surface area contributed by atoms with Crippen LogP contribution >= 0.6 is 0 Å². The lowest BCUT2D eigenvalue weighted by atomic mass is 9.66. The molecule has 0 aromatic carbocycles. The summed E-state index contributed by atoms with van der Waals surface area (Å²) < 4.78 is 14.6. The minimum Gasteiger partial charge on any atom is -0.465 e. The second-order valence-corrected chi connectivity index (χ2v) is 10.2. The first-order chi connectivity index (χ1) is 19.5. The smallest absolute Gasteiger partial charge is 0.410 e. The van der Waals surface area contributed by atoms with Crippen LogP contribution in [0, 0.1) is 11.3 Å². The molecule has 1 aliphatic carbocycles. The summed E-state index contributed by atoms with van der Waals surface area (Å²) in [7, 11) is 1.79. The number of ether oxygens (including phenoxy) is 2. The average molecular weight is 544 g/mol. The van der Waals surface area contributed by atoms with E-state index in [9.17, 15) is 10.1 Å². The standard InChI is InChI=1S/C23H21N9O3.C4H8O/c1-31-19-14(11-24)15(35-13-3-7-25-17(9-13)28-22(33)34)12-26-20(19)29-21(31)27-18-10-16-23(4-2-5-23)6-8-32(16)30-18;1-2-4-5-3-1/h3,7,9-10,12H,2,4-6,8H2,1H3,(H,25,28)(H,33,34)(H,26,27,29,30);1-4H2. The van der Waals surface area contributed by atoms with Gasteiger partial charge in [0.2, 0.25) is 5.95 Å². The molecule has 1 saturated heterocycles. The molecule has 0 bridgehead atoms. The monoisotopic (exact) mass is 543 g/mol. The number of nitriles is 1. The third-order valence-electron chi connectivity index (χ3n) is 7.67. The Morgan fingerprint density at radius 1 is 1.18 bits per heavy atom. The van der Waals surface area contributed by atoms with E-state index in [1.807, 2.05) is 0 Å². The predicted molar refractivity (Wildman–Crippen MR) is 145 cm³/mol. The number of nitrogens with one attached hydrogen (secondary N) is 2. The maximum atomic E-state index is 10.9. The molecule has 1 amide bonds. The maximum Gasteiger partial charge on any atom is 0.410 e. The van der Waals surface area contributed by atoms with E-state index in [4.69, 9.17) is 19.7 Å². The highest BCUT2D eigenvalue weighted by Gasteiger charge is 2.45. The Kier molecular flexibility index (Phi) is 6.69. The number of carbonyl (C=O) groups is 1. The average Bonchev–Trinajstić information content (AvgIpc) is 3.70. The number of hydrogen-bond acceptors (Lipinski definition) is 9. The van der Waals surface area contributed by atoms with Gasteiger partial charge in [-0.05, 0) is 38.2 Å². The largest absolute Gasteiger partial charge is 0.465 e. The molecule has 0 radical (unpaired) electrons. The molecule has 1 spiro atoms. The van der Waals surface area contributed by atoms with Crippen LogP contribution in [0.15, 0.2) is 30.6 Å². The zero-order valence-electron chi connectivity index (χ0n) is 22.1. The Labute approximate surface area is 229 Å². The van der Waals surface area contributed by atoms with Gasteiger partial charge in [0.15, 0.2) is 17.2 Å². The van der Waals surface area contributed by atoms with Gasteiger partial charge in [-0.25, -0.2) is 14.8 Å². The Morgan fingerprint density at radius 3 is 2.67 bits per heavy atom. The number of rotatable bonds is 5. The van der Waals surface area contributed by atoms with Crippen molar-refractivity contribution in [2.45, 2.75) is 50.5 Å². The van der Waals surface area contributed by atoms with E-state index in [0.29, 0.717) is 22.9 Å². The summed E-state index contributed by atoms with van der Waals surface area (Å²) in [4.78, 5) is 23.7. The minimum atomic E-state index is -1.24. The van der Waals surface area contributed by atoms with Gasteiger partial charge in [-0.2, -0.15) is 15.3 Å². The van der Waals surface area contributed by atoms with Crippen molar-refractivity contribution in [3.8, 4) is 17.6 Å². The molecule has 7 rings (SSSR count). The third kappa shape index (κ3) is 4.77. The number of anilines is 3. The van der Waals surface area contributed by atoms with Gasteiger partial charge < -0.3 is 24.5 Å². The summed E-state index contributed by atoms with van der Waals surface area (Å²) in [5, 5.41) is 29.0. The fraction of sp³-hybridized carbons (Fsp3) is 0.407. The van der Waals surface area contributed by atoms with Gasteiger partial charge in [0, 0.05) is 56.2 Å². The topological polar surface area (TPSA) is 165 Å². The van der Waals surface area contributed by atoms with Gasteiger partial charge >= 0.3 is 6.09 Å². The molecule has 2 aliphatic heterocycles. The van der Waals surface area contributed by atoms with Crippen LogP contribution < -0.4 is 15.4 Å². The van der Waals surface area contributed by atoms with Crippen LogP contribution in [-0.4, -0.2) is 53.7 Å². The second kappa shape index (κ2) is 10.5. The van der Waals surface area contributed by atoms with E-state index >= 15 is 0 Å². The maximum absolute atomic E-state index is 10.9. The summed E-state index contributed by atoms with van der Waals surface area (Å²) in [5.74, 6) is 1.85. The fourth-order valence-corrected chi connectivity index (χ4v) is 5.49. The number of pyridine rings is 2. The van der Waals surface area contributed by atoms with E-state index in [0.717, 1.165) is 32.0 Å². The normalized spacial score (nSPS) is 16.5. The van der Waals surface area contributed by atoms with Gasteiger partial charge in [-0.15, -0.1) is 0 Å². The van der Waals surface area contributed by atoms with E-state index in [1.54, 1.807) is 17.7 Å². The van der Waals surface area contributed by atoms with Crippen molar-refractivity contribution in [2.24, 2.45) is 7.05 Å². The van der Waals surface area contributed by atoms with Crippen molar-refractivity contribution < 1.29 is 19.4 Å². The lowest BCUT2D eigenvalue weighted by Gasteiger charge is -2.37. The van der Waals surface area contributed by atoms with Crippen molar-refractivity contribution >= 4 is 34.8 Å². The molecule has 0 atom stereocenters. The highest BCUT2D eigenvalue weighted by molar-refractivity contribution is 5.84. The Morgan fingerprint density at radius 2 is 2.00 bits per heavy atom. The highest BCUT2D eigenvalue weighted by Crippen LogP contribution is 2.50. The predicted octanol–water partition coefficient (Wildman–Crippen LogP) is 4.68. The SMILES string of the molecule is C1CCOC1.Cn1c(Nc2cc3n(n2)CCC32CCC2)nc2ncc(Oc3ccnc(NC(=O)O)c3)c(C#N)c21. The van der Waals surface area contributed by atoms with Crippen LogP contribution in [0.4, 0.5) is 22.4 Å². The first-order valence-corrected chi connectivity index (χ1v) is 13.3. The van der Waals surface area contributed by atoms with Crippen LogP contribution in [0.1, 0.15) is 49.8 Å². The molecule has 0 unspecified atom stereocenters. The summed E-state index contributed by atoms with van der Waals surface area (Å²) >= 11 is 0. The molecular formula is C27H29N9O4. The van der Waals surface area contributed by atoms with Crippen LogP contribution in [0.25, 0.3) is 11.2 Å². The number of hydrogen-bond donors (Lipinski definition) is 3. The quantitative estimate of drug-likeness (QED) is 0.322. The van der Waals surface area contributed by atoms with Gasteiger partial charge in [0.25, 0.3) is 0 Å². The van der Waals surface area contributed by atoms with Crippen molar-refractivity contribution in [2.75, 3.05) is 23.8 Å². The molecule has 13 heteroatoms. The molecule has 40 heavy (non-hydrogen) atoms. The second-order valence-electron chi connectivity index (χ2n) is 10.2. The molecule has 13 nitrogen and oxygen atoms in total. The van der Waals surface area contributed by atoms with E-state index in [1.165, 1.54) is 56.3 Å². The molecule has 4 aromatic heterocycles. The number of amides is 1. The van der Waals surface area contributed by atoms with Crippen molar-refractivity contribution in [1.29, 1.82) is 5.26 Å². The Hall–Kier alpha value is -4.70. The highest BCUT2D eigenvalue weighted by atomic mass is 16.5. The Bertz CT molecular complexity index is 1600. The van der Waals surface area contributed by atoms with Crippen LogP contribution in [0.2, 0.25) is 0 Å². The number of aromatic nitrogens is 6. The van der Waals surface area contributed by atoms with Crippen LogP contribution in [0.5, 0.6) is 11.5 Å². The summed E-state index contributed by atoms with van der Waals surface area (Å²) in [5.41, 5.74) is 2.72.